The van der Waals surface area contributed by atoms with Crippen LogP contribution >= 0.6 is 0 Å². The molecule has 2 heterocycles. The summed E-state index contributed by atoms with van der Waals surface area (Å²) in [5, 5.41) is 4.26. The molecule has 1 aliphatic rings. The van der Waals surface area contributed by atoms with E-state index in [1.165, 1.54) is 16.3 Å². The minimum atomic E-state index is -0.352. The number of likely N-dealkylation sites (tertiary alicyclic amines) is 1. The van der Waals surface area contributed by atoms with E-state index < -0.39 is 0 Å². The normalized spacial score (nSPS) is 15.0. The second-order valence-electron chi connectivity index (χ2n) is 7.43. The highest BCUT2D eigenvalue weighted by Crippen LogP contribution is 2.24. The third-order valence-corrected chi connectivity index (χ3v) is 5.59. The summed E-state index contributed by atoms with van der Waals surface area (Å²) in [4.78, 5) is 14.9. The maximum absolute atomic E-state index is 14.1. The van der Waals surface area contributed by atoms with Gasteiger partial charge in [0.15, 0.2) is 0 Å². The summed E-state index contributed by atoms with van der Waals surface area (Å²) in [7, 11) is 0. The summed E-state index contributed by atoms with van der Waals surface area (Å²) < 4.78 is 15.6. The lowest BCUT2D eigenvalue weighted by atomic mass is 9.90. The average molecular weight is 377 g/mol. The van der Waals surface area contributed by atoms with Gasteiger partial charge in [0, 0.05) is 13.1 Å². The standard InChI is InChI=1S/C23H24FN3O/c1-17-20(16-25-27(17)22-10-6-5-9-21(22)24)23(28)26-13-11-19(12-14-26)15-18-7-3-2-4-8-18/h2-10,16,19H,11-15H2,1H3. The topological polar surface area (TPSA) is 38.1 Å². The van der Waals surface area contributed by atoms with Crippen molar-refractivity contribution in [2.75, 3.05) is 13.1 Å². The van der Waals surface area contributed by atoms with Gasteiger partial charge in [0.1, 0.15) is 11.5 Å². The lowest BCUT2D eigenvalue weighted by molar-refractivity contribution is 0.0690. The molecule has 3 aromatic rings. The Morgan fingerprint density at radius 2 is 1.75 bits per heavy atom. The first-order chi connectivity index (χ1) is 13.6. The molecule has 1 saturated heterocycles. The van der Waals surface area contributed by atoms with E-state index in [1.54, 1.807) is 24.4 Å². The first kappa shape index (κ1) is 18.4. The molecular formula is C23H24FN3O. The van der Waals surface area contributed by atoms with Crippen LogP contribution in [-0.2, 0) is 6.42 Å². The molecule has 2 aromatic carbocycles. The average Bonchev–Trinajstić information content (AvgIpc) is 3.10. The molecule has 28 heavy (non-hydrogen) atoms. The molecular weight excluding hydrogens is 353 g/mol. The van der Waals surface area contributed by atoms with Gasteiger partial charge in [-0.15, -0.1) is 0 Å². The first-order valence-electron chi connectivity index (χ1n) is 9.76. The van der Waals surface area contributed by atoms with E-state index in [1.807, 2.05) is 17.9 Å². The molecule has 4 nitrogen and oxygen atoms in total. The van der Waals surface area contributed by atoms with Gasteiger partial charge in [-0.3, -0.25) is 4.79 Å². The number of halogens is 1. The van der Waals surface area contributed by atoms with Crippen LogP contribution in [0.15, 0.2) is 60.8 Å². The zero-order chi connectivity index (χ0) is 19.5. The molecule has 144 valence electrons. The number of piperidine rings is 1. The molecule has 1 aliphatic heterocycles. The van der Waals surface area contributed by atoms with E-state index in [2.05, 4.69) is 29.4 Å². The lowest BCUT2D eigenvalue weighted by Crippen LogP contribution is -2.39. The zero-order valence-electron chi connectivity index (χ0n) is 16.0. The number of amides is 1. The Labute approximate surface area is 164 Å². The van der Waals surface area contributed by atoms with Gasteiger partial charge in [-0.25, -0.2) is 9.07 Å². The molecule has 0 N–H and O–H groups in total. The van der Waals surface area contributed by atoms with Crippen molar-refractivity contribution in [3.8, 4) is 5.69 Å². The number of nitrogens with zero attached hydrogens (tertiary/aromatic N) is 3. The predicted molar refractivity (Wildman–Crippen MR) is 107 cm³/mol. The van der Waals surface area contributed by atoms with Gasteiger partial charge in [-0.1, -0.05) is 42.5 Å². The monoisotopic (exact) mass is 377 g/mol. The molecule has 0 bridgehead atoms. The van der Waals surface area contributed by atoms with Gasteiger partial charge in [0.2, 0.25) is 0 Å². The molecule has 0 radical (unpaired) electrons. The molecule has 0 spiro atoms. The van der Waals surface area contributed by atoms with Gasteiger partial charge >= 0.3 is 0 Å². The Kier molecular flexibility index (Phi) is 5.24. The van der Waals surface area contributed by atoms with Crippen LogP contribution in [-0.4, -0.2) is 33.7 Å². The molecule has 0 saturated carbocycles. The maximum atomic E-state index is 14.1. The number of para-hydroxylation sites is 1. The summed E-state index contributed by atoms with van der Waals surface area (Å²) in [5.74, 6) is 0.237. The van der Waals surface area contributed by atoms with E-state index in [0.717, 1.165) is 32.4 Å². The second kappa shape index (κ2) is 7.97. The van der Waals surface area contributed by atoms with Crippen molar-refractivity contribution in [2.45, 2.75) is 26.2 Å². The minimum absolute atomic E-state index is 0.0155. The van der Waals surface area contributed by atoms with Crippen LogP contribution in [0, 0.1) is 18.7 Å². The molecule has 4 rings (SSSR count). The van der Waals surface area contributed by atoms with E-state index in [9.17, 15) is 9.18 Å². The van der Waals surface area contributed by atoms with Gasteiger partial charge < -0.3 is 4.90 Å². The molecule has 1 amide bonds. The highest BCUT2D eigenvalue weighted by molar-refractivity contribution is 5.95. The minimum Gasteiger partial charge on any atom is -0.339 e. The van der Waals surface area contributed by atoms with E-state index >= 15 is 0 Å². The van der Waals surface area contributed by atoms with Crippen molar-refractivity contribution >= 4 is 5.91 Å². The Morgan fingerprint density at radius 1 is 1.07 bits per heavy atom. The number of hydrogen-bond acceptors (Lipinski definition) is 2. The van der Waals surface area contributed by atoms with Crippen LogP contribution in [0.2, 0.25) is 0 Å². The van der Waals surface area contributed by atoms with Crippen molar-refractivity contribution in [3.05, 3.63) is 83.4 Å². The fourth-order valence-corrected chi connectivity index (χ4v) is 3.94. The highest BCUT2D eigenvalue weighted by atomic mass is 19.1. The van der Waals surface area contributed by atoms with Crippen LogP contribution in [0.4, 0.5) is 4.39 Å². The first-order valence-corrected chi connectivity index (χ1v) is 9.76. The van der Waals surface area contributed by atoms with Crippen molar-refractivity contribution in [1.82, 2.24) is 14.7 Å². The largest absolute Gasteiger partial charge is 0.339 e. The van der Waals surface area contributed by atoms with Crippen LogP contribution in [0.25, 0.3) is 5.69 Å². The van der Waals surface area contributed by atoms with Gasteiger partial charge in [0.05, 0.1) is 17.5 Å². The Morgan fingerprint density at radius 3 is 2.46 bits per heavy atom. The summed E-state index contributed by atoms with van der Waals surface area (Å²) in [5.41, 5.74) is 2.93. The predicted octanol–water partition coefficient (Wildman–Crippen LogP) is 4.41. The molecule has 0 aliphatic carbocycles. The fourth-order valence-electron chi connectivity index (χ4n) is 3.94. The zero-order valence-corrected chi connectivity index (χ0v) is 16.0. The molecule has 0 unspecified atom stereocenters. The van der Waals surface area contributed by atoms with Crippen LogP contribution in [0.5, 0.6) is 0 Å². The fraction of sp³-hybridized carbons (Fsp3) is 0.304. The maximum Gasteiger partial charge on any atom is 0.257 e. The number of carbonyl (C=O) groups is 1. The number of aromatic nitrogens is 2. The second-order valence-corrected chi connectivity index (χ2v) is 7.43. The van der Waals surface area contributed by atoms with Crippen LogP contribution < -0.4 is 0 Å². The van der Waals surface area contributed by atoms with E-state index in [0.29, 0.717) is 22.9 Å². The molecule has 0 atom stereocenters. The highest BCUT2D eigenvalue weighted by Gasteiger charge is 2.26. The molecule has 5 heteroatoms. The molecule has 1 aromatic heterocycles. The number of benzene rings is 2. The third kappa shape index (κ3) is 3.70. The van der Waals surface area contributed by atoms with Crippen LogP contribution in [0.3, 0.4) is 0 Å². The number of carbonyl (C=O) groups excluding carboxylic acids is 1. The smallest absolute Gasteiger partial charge is 0.257 e. The third-order valence-electron chi connectivity index (χ3n) is 5.59. The summed E-state index contributed by atoms with van der Waals surface area (Å²) in [6.07, 6.45) is 4.62. The van der Waals surface area contributed by atoms with Gasteiger partial charge in [-0.2, -0.15) is 5.10 Å². The Hall–Kier alpha value is -2.95. The molecule has 1 fully saturated rings. The van der Waals surface area contributed by atoms with Crippen molar-refractivity contribution < 1.29 is 9.18 Å². The van der Waals surface area contributed by atoms with Crippen LogP contribution in [0.1, 0.15) is 34.5 Å². The Balaban J connectivity index is 1.43. The summed E-state index contributed by atoms with van der Waals surface area (Å²) in [6.45, 7) is 3.32. The van der Waals surface area contributed by atoms with Crippen molar-refractivity contribution in [2.24, 2.45) is 5.92 Å². The van der Waals surface area contributed by atoms with Gasteiger partial charge in [0.25, 0.3) is 5.91 Å². The van der Waals surface area contributed by atoms with Gasteiger partial charge in [-0.05, 0) is 49.8 Å². The number of hydrogen-bond donors (Lipinski definition) is 0. The summed E-state index contributed by atoms with van der Waals surface area (Å²) >= 11 is 0. The lowest BCUT2D eigenvalue weighted by Gasteiger charge is -2.32. The Bertz CT molecular complexity index is 959. The van der Waals surface area contributed by atoms with Crippen molar-refractivity contribution in [1.29, 1.82) is 0 Å². The quantitative estimate of drug-likeness (QED) is 0.675. The van der Waals surface area contributed by atoms with E-state index in [-0.39, 0.29) is 11.7 Å². The number of rotatable bonds is 4. The van der Waals surface area contributed by atoms with Crippen molar-refractivity contribution in [3.63, 3.8) is 0 Å². The van der Waals surface area contributed by atoms with E-state index in [4.69, 9.17) is 0 Å². The summed E-state index contributed by atoms with van der Waals surface area (Å²) in [6, 6.07) is 17.0. The SMILES string of the molecule is Cc1c(C(=O)N2CCC(Cc3ccccc3)CC2)cnn1-c1ccccc1F.